The number of nitrogens with zero attached hydrogens (tertiary/aromatic N) is 8. The number of anilines is 4. The van der Waals surface area contributed by atoms with Crippen molar-refractivity contribution in [2.24, 2.45) is 0 Å². The molecule has 356 valence electrons. The summed E-state index contributed by atoms with van der Waals surface area (Å²) in [5.74, 6) is 0.648. The standard InChI is InChI=1S/C28H35FN4O4.C23H27FN4O2.Na/c1-6-33-24(13-14-30-33)32(5)28-18(4)26(19-7-9-20(29)10-8-19)23(27(31-28)17(2)3)12-11-21(34)15-22(35)16-25(36)37;1-7-28-18(12-13-25-28)27(5)22-15(4)19(16-8-10-17(24)11-9-16)20(23(29)30-6)21(26-22)14(2)3;/h7-14,17,21-22,34-35H,6,15-16H2,1-5H3,(H,36,37);8-14H,7H2,1-6H3;/q;;+1/p-1/b12-11+;;/t21-,22-;;/m1../s1. The first-order valence-corrected chi connectivity index (χ1v) is 22.3. The third-order valence-electron chi connectivity index (χ3n) is 11.4. The van der Waals surface area contributed by atoms with Crippen molar-refractivity contribution in [2.75, 3.05) is 31.0 Å². The second-order valence-corrected chi connectivity index (χ2v) is 16.8. The summed E-state index contributed by atoms with van der Waals surface area (Å²) >= 11 is 0. The molecule has 6 aromatic rings. The van der Waals surface area contributed by atoms with Crippen molar-refractivity contribution in [2.45, 2.75) is 105 Å². The van der Waals surface area contributed by atoms with E-state index in [-0.39, 0.29) is 59.4 Å². The molecule has 68 heavy (non-hydrogen) atoms. The van der Waals surface area contributed by atoms with Crippen molar-refractivity contribution in [1.29, 1.82) is 0 Å². The Balaban J connectivity index is 0.000000298. The maximum absolute atomic E-state index is 13.8. The van der Waals surface area contributed by atoms with Crippen LogP contribution in [0.5, 0.6) is 0 Å². The average Bonchev–Trinajstić information content (AvgIpc) is 3.98. The monoisotopic (exact) mass is 942 g/mol. The van der Waals surface area contributed by atoms with Crippen molar-refractivity contribution in [3.8, 4) is 22.3 Å². The second kappa shape index (κ2) is 24.5. The van der Waals surface area contributed by atoms with Gasteiger partial charge in [0, 0.05) is 80.4 Å². The molecule has 0 saturated carbocycles. The Labute approximate surface area is 419 Å². The predicted molar refractivity (Wildman–Crippen MR) is 255 cm³/mol. The Morgan fingerprint density at radius 1 is 0.750 bits per heavy atom. The molecular weight excluding hydrogens is 882 g/mol. The molecule has 2 aromatic carbocycles. The zero-order valence-electron chi connectivity index (χ0n) is 41.1. The maximum atomic E-state index is 13.8. The van der Waals surface area contributed by atoms with Gasteiger partial charge in [-0.15, -0.1) is 0 Å². The van der Waals surface area contributed by atoms with Gasteiger partial charge in [-0.3, -0.25) is 0 Å². The Morgan fingerprint density at radius 3 is 1.62 bits per heavy atom. The molecule has 17 heteroatoms. The number of aliphatic hydroxyl groups excluding tert-OH is 2. The molecule has 0 fully saturated rings. The van der Waals surface area contributed by atoms with E-state index in [9.17, 15) is 33.7 Å². The number of carboxylic acids is 1. The number of aryl methyl sites for hydroxylation is 2. The Bertz CT molecular complexity index is 2680. The van der Waals surface area contributed by atoms with Crippen LogP contribution in [0, 0.1) is 25.5 Å². The number of pyridine rings is 2. The summed E-state index contributed by atoms with van der Waals surface area (Å²) in [4.78, 5) is 37.4. The van der Waals surface area contributed by atoms with Gasteiger partial charge in [-0.2, -0.15) is 10.2 Å². The number of hydrogen-bond acceptors (Lipinski definition) is 12. The summed E-state index contributed by atoms with van der Waals surface area (Å²) in [5.41, 5.74) is 7.29. The van der Waals surface area contributed by atoms with Crippen LogP contribution in [0.3, 0.4) is 0 Å². The molecule has 4 heterocycles. The van der Waals surface area contributed by atoms with Crippen LogP contribution in [-0.4, -0.2) is 85.1 Å². The van der Waals surface area contributed by atoms with E-state index in [0.717, 1.165) is 56.5 Å². The molecule has 4 aromatic heterocycles. The smallest absolute Gasteiger partial charge is 0.550 e. The third kappa shape index (κ3) is 12.6. The van der Waals surface area contributed by atoms with Crippen LogP contribution in [0.4, 0.5) is 32.1 Å². The van der Waals surface area contributed by atoms with Crippen molar-refractivity contribution in [1.82, 2.24) is 29.5 Å². The number of carbonyl (C=O) groups excluding carboxylic acids is 2. The summed E-state index contributed by atoms with van der Waals surface area (Å²) in [7, 11) is 5.21. The predicted octanol–water partition coefficient (Wildman–Crippen LogP) is 5.66. The Morgan fingerprint density at radius 2 is 1.19 bits per heavy atom. The largest absolute Gasteiger partial charge is 1.00 e. The zero-order valence-corrected chi connectivity index (χ0v) is 43.1. The van der Waals surface area contributed by atoms with Gasteiger partial charge in [0.1, 0.15) is 34.9 Å². The molecule has 0 amide bonds. The minimum Gasteiger partial charge on any atom is -0.550 e. The van der Waals surface area contributed by atoms with Crippen LogP contribution in [0.1, 0.15) is 105 Å². The summed E-state index contributed by atoms with van der Waals surface area (Å²) in [6.45, 7) is 17.3. The first-order chi connectivity index (χ1) is 31.8. The molecule has 0 spiro atoms. The molecule has 2 N–H and O–H groups in total. The van der Waals surface area contributed by atoms with E-state index in [1.807, 2.05) is 101 Å². The number of hydrogen-bond donors (Lipinski definition) is 2. The SMILES string of the molecule is CCn1nccc1N(C)c1nc(C(C)C)c(/C=C/[C@@H](O)C[C@@H](O)CC(=O)[O-])c(-c2ccc(F)cc2)c1C.CCn1nccc1N(C)c1nc(C(C)C)c(C(=O)OC)c(-c2ccc(F)cc2)c1C.[Na+]. The summed E-state index contributed by atoms with van der Waals surface area (Å²) in [6.07, 6.45) is 3.72. The van der Waals surface area contributed by atoms with Crippen LogP contribution in [0.25, 0.3) is 28.3 Å². The molecular formula is C51H61F2N8NaO6. The second-order valence-electron chi connectivity index (χ2n) is 16.8. The maximum Gasteiger partial charge on any atom is 1.00 e. The summed E-state index contributed by atoms with van der Waals surface area (Å²) in [6, 6.07) is 16.2. The molecule has 14 nitrogen and oxygen atoms in total. The van der Waals surface area contributed by atoms with E-state index in [2.05, 4.69) is 10.2 Å². The zero-order chi connectivity index (χ0) is 49.3. The van der Waals surface area contributed by atoms with E-state index in [4.69, 9.17) is 14.7 Å². The first kappa shape index (κ1) is 54.8. The molecule has 6 rings (SSSR count). The average molecular weight is 943 g/mol. The molecule has 0 radical (unpaired) electrons. The van der Waals surface area contributed by atoms with Crippen LogP contribution in [-0.2, 0) is 22.6 Å². The van der Waals surface area contributed by atoms with Gasteiger partial charge in [-0.05, 0) is 80.5 Å². The van der Waals surface area contributed by atoms with Gasteiger partial charge in [0.05, 0.1) is 48.7 Å². The van der Waals surface area contributed by atoms with E-state index in [0.29, 0.717) is 35.7 Å². The third-order valence-corrected chi connectivity index (χ3v) is 11.4. The van der Waals surface area contributed by atoms with Gasteiger partial charge in [-0.1, -0.05) is 64.1 Å². The van der Waals surface area contributed by atoms with Gasteiger partial charge < -0.3 is 34.7 Å². The molecule has 0 aliphatic rings. The fourth-order valence-corrected chi connectivity index (χ4v) is 8.10. The summed E-state index contributed by atoms with van der Waals surface area (Å²) in [5, 5.41) is 39.8. The number of benzene rings is 2. The Kier molecular flexibility index (Phi) is 19.7. The van der Waals surface area contributed by atoms with Crippen LogP contribution < -0.4 is 44.5 Å². The number of carboxylic acid groups (broad SMARTS) is 1. The van der Waals surface area contributed by atoms with Gasteiger partial charge >= 0.3 is 35.5 Å². The van der Waals surface area contributed by atoms with Crippen molar-refractivity contribution >= 4 is 41.3 Å². The fourth-order valence-electron chi connectivity index (χ4n) is 8.10. The number of ether oxygens (including phenoxy) is 1. The number of rotatable bonds is 17. The minimum atomic E-state index is -1.38. The van der Waals surface area contributed by atoms with Gasteiger partial charge in [0.2, 0.25) is 0 Å². The number of carbonyl (C=O) groups is 2. The number of halogens is 2. The number of methoxy groups -OCH3 is 1. The number of aliphatic carboxylic acids is 1. The Hall–Kier alpha value is -5.78. The molecule has 0 bridgehead atoms. The normalized spacial score (nSPS) is 12.1. The van der Waals surface area contributed by atoms with Crippen molar-refractivity contribution in [3.63, 3.8) is 0 Å². The van der Waals surface area contributed by atoms with E-state index in [1.54, 1.807) is 42.7 Å². The molecule has 0 unspecified atom stereocenters. The molecule has 0 aliphatic carbocycles. The first-order valence-electron chi connectivity index (χ1n) is 22.3. The van der Waals surface area contributed by atoms with Crippen molar-refractivity contribution < 1.29 is 68.0 Å². The van der Waals surface area contributed by atoms with Gasteiger partial charge in [-0.25, -0.2) is 32.9 Å². The van der Waals surface area contributed by atoms with Crippen molar-refractivity contribution in [3.05, 3.63) is 124 Å². The number of aliphatic hydroxyl groups is 2. The quantitative estimate of drug-likeness (QED) is 0.0850. The number of aromatic nitrogens is 6. The van der Waals surface area contributed by atoms with Crippen LogP contribution in [0.15, 0.2) is 79.1 Å². The molecule has 2 atom stereocenters. The van der Waals surface area contributed by atoms with E-state index >= 15 is 0 Å². The molecule has 0 aliphatic heterocycles. The topological polar surface area (TPSA) is 175 Å². The molecule has 0 saturated heterocycles. The van der Waals surface area contributed by atoms with Gasteiger partial charge in [0.25, 0.3) is 0 Å². The van der Waals surface area contributed by atoms with Gasteiger partial charge in [0.15, 0.2) is 0 Å². The van der Waals surface area contributed by atoms with E-state index in [1.165, 1.54) is 37.5 Å². The minimum absolute atomic E-state index is 0. The van der Waals surface area contributed by atoms with Crippen LogP contribution >= 0.6 is 0 Å². The number of esters is 1. The fraction of sp³-hybridized carbons (Fsp3) is 0.373. The summed E-state index contributed by atoms with van der Waals surface area (Å²) < 4.78 is 36.2. The van der Waals surface area contributed by atoms with E-state index < -0.39 is 30.6 Å². The van der Waals surface area contributed by atoms with Crippen LogP contribution in [0.2, 0.25) is 0 Å².